The number of benzene rings is 2. The highest BCUT2D eigenvalue weighted by molar-refractivity contribution is 5.85. The minimum absolute atomic E-state index is 0.0748. The molecule has 36 heavy (non-hydrogen) atoms. The molecule has 8 nitrogen and oxygen atoms in total. The summed E-state index contributed by atoms with van der Waals surface area (Å²) in [5.41, 5.74) is 13.1. The summed E-state index contributed by atoms with van der Waals surface area (Å²) in [4.78, 5) is 30.0. The molecule has 2 aromatic carbocycles. The number of guanidine groups is 1. The van der Waals surface area contributed by atoms with Crippen molar-refractivity contribution in [3.8, 4) is 5.75 Å². The summed E-state index contributed by atoms with van der Waals surface area (Å²) < 4.78 is 6.04. The molecule has 2 atom stereocenters. The fourth-order valence-corrected chi connectivity index (χ4v) is 4.67. The number of nitrogens with zero attached hydrogens (tertiary/aromatic N) is 2. The van der Waals surface area contributed by atoms with E-state index in [4.69, 9.17) is 16.2 Å². The smallest absolute Gasteiger partial charge is 0.304 e. The molecule has 1 amide bonds. The number of likely N-dealkylation sites (tertiary alicyclic amines) is 1. The lowest BCUT2D eigenvalue weighted by Gasteiger charge is -2.25. The standard InChI is InChI=1S/C28H38N4O4/c29-28(30)31-16-6-2-5-10-22-12-14-25(15-13-22)36-20-24-18-23(19-26(33)34)27(35)32(24)17-7-11-21-8-3-1-4-9-21/h1,3-4,8-9,12-15,23-24H,2,5-7,10-11,16-20H2,(H,33,34)(H4,29,30,31)/t23-,24-/m0/s1. The second-order valence-electron chi connectivity index (χ2n) is 9.38. The van der Waals surface area contributed by atoms with E-state index in [2.05, 4.69) is 29.3 Å². The van der Waals surface area contributed by atoms with E-state index >= 15 is 0 Å². The molecule has 0 aromatic heterocycles. The van der Waals surface area contributed by atoms with Gasteiger partial charge in [-0.3, -0.25) is 14.6 Å². The minimum atomic E-state index is -0.939. The van der Waals surface area contributed by atoms with Crippen molar-refractivity contribution in [2.45, 2.75) is 57.4 Å². The highest BCUT2D eigenvalue weighted by Gasteiger charge is 2.40. The average Bonchev–Trinajstić information content (AvgIpc) is 3.15. The lowest BCUT2D eigenvalue weighted by atomic mass is 10.0. The molecule has 0 spiro atoms. The molecule has 5 N–H and O–H groups in total. The number of rotatable bonds is 15. The molecule has 1 aliphatic heterocycles. The monoisotopic (exact) mass is 494 g/mol. The zero-order valence-electron chi connectivity index (χ0n) is 20.9. The first kappa shape index (κ1) is 27.0. The number of amides is 1. The molecule has 1 heterocycles. The van der Waals surface area contributed by atoms with Gasteiger partial charge in [-0.1, -0.05) is 48.9 Å². The van der Waals surface area contributed by atoms with E-state index in [1.54, 1.807) is 0 Å². The van der Waals surface area contributed by atoms with Gasteiger partial charge in [0, 0.05) is 13.1 Å². The number of unbranched alkanes of at least 4 members (excludes halogenated alkanes) is 2. The van der Waals surface area contributed by atoms with Gasteiger partial charge in [0.25, 0.3) is 0 Å². The van der Waals surface area contributed by atoms with Crippen LogP contribution in [0.3, 0.4) is 0 Å². The zero-order valence-corrected chi connectivity index (χ0v) is 20.9. The molecular weight excluding hydrogens is 456 g/mol. The summed E-state index contributed by atoms with van der Waals surface area (Å²) >= 11 is 0. The van der Waals surface area contributed by atoms with Crippen LogP contribution in [-0.4, -0.2) is 53.6 Å². The van der Waals surface area contributed by atoms with E-state index in [-0.39, 0.29) is 24.3 Å². The first-order valence-electron chi connectivity index (χ1n) is 12.8. The van der Waals surface area contributed by atoms with Crippen LogP contribution in [0.1, 0.15) is 49.7 Å². The van der Waals surface area contributed by atoms with Gasteiger partial charge in [0.1, 0.15) is 12.4 Å². The third kappa shape index (κ3) is 8.91. The maximum atomic E-state index is 12.9. The molecule has 1 aliphatic rings. The van der Waals surface area contributed by atoms with Gasteiger partial charge < -0.3 is 26.2 Å². The lowest BCUT2D eigenvalue weighted by molar-refractivity contribution is -0.142. The number of carboxylic acid groups (broad SMARTS) is 1. The predicted molar refractivity (Wildman–Crippen MR) is 141 cm³/mol. The molecule has 194 valence electrons. The topological polar surface area (TPSA) is 131 Å². The van der Waals surface area contributed by atoms with Crippen LogP contribution in [-0.2, 0) is 22.4 Å². The maximum absolute atomic E-state index is 12.9. The first-order valence-corrected chi connectivity index (χ1v) is 12.8. The second-order valence-corrected chi connectivity index (χ2v) is 9.38. The van der Waals surface area contributed by atoms with Gasteiger partial charge in [0.2, 0.25) is 5.91 Å². The summed E-state index contributed by atoms with van der Waals surface area (Å²) in [5, 5.41) is 9.23. The number of aliphatic imine (C=N–C) groups is 1. The van der Waals surface area contributed by atoms with Crippen molar-refractivity contribution in [2.24, 2.45) is 22.4 Å². The van der Waals surface area contributed by atoms with E-state index in [1.165, 1.54) is 11.1 Å². The Labute approximate surface area is 213 Å². The molecule has 8 heteroatoms. The highest BCUT2D eigenvalue weighted by Crippen LogP contribution is 2.29. The third-order valence-corrected chi connectivity index (χ3v) is 6.54. The van der Waals surface area contributed by atoms with Crippen LogP contribution in [0.5, 0.6) is 5.75 Å². The minimum Gasteiger partial charge on any atom is -0.491 e. The van der Waals surface area contributed by atoms with Crippen LogP contribution >= 0.6 is 0 Å². The molecule has 0 aliphatic carbocycles. The van der Waals surface area contributed by atoms with Crippen molar-refractivity contribution in [1.82, 2.24) is 4.90 Å². The Morgan fingerprint density at radius 3 is 2.36 bits per heavy atom. The van der Waals surface area contributed by atoms with Crippen molar-refractivity contribution in [2.75, 3.05) is 19.7 Å². The van der Waals surface area contributed by atoms with Crippen LogP contribution in [0.2, 0.25) is 0 Å². The molecule has 0 unspecified atom stereocenters. The number of carbonyl (C=O) groups is 2. The third-order valence-electron chi connectivity index (χ3n) is 6.54. The van der Waals surface area contributed by atoms with Crippen LogP contribution < -0.4 is 16.2 Å². The molecule has 2 aromatic rings. The van der Waals surface area contributed by atoms with Crippen molar-refractivity contribution in [3.05, 3.63) is 65.7 Å². The van der Waals surface area contributed by atoms with Crippen LogP contribution in [0.25, 0.3) is 0 Å². The van der Waals surface area contributed by atoms with Crippen LogP contribution in [0.4, 0.5) is 0 Å². The first-order chi connectivity index (χ1) is 17.4. The second kappa shape index (κ2) is 14.1. The lowest BCUT2D eigenvalue weighted by Crippen LogP contribution is -2.38. The molecule has 0 saturated carbocycles. The van der Waals surface area contributed by atoms with E-state index in [0.717, 1.165) is 44.3 Å². The van der Waals surface area contributed by atoms with Crippen LogP contribution in [0, 0.1) is 5.92 Å². The van der Waals surface area contributed by atoms with E-state index in [9.17, 15) is 14.7 Å². The van der Waals surface area contributed by atoms with Crippen molar-refractivity contribution in [3.63, 3.8) is 0 Å². The number of aryl methyl sites for hydroxylation is 2. The molecule has 3 rings (SSSR count). The molecule has 0 bridgehead atoms. The number of nitrogens with two attached hydrogens (primary N) is 2. The van der Waals surface area contributed by atoms with Gasteiger partial charge in [0.15, 0.2) is 5.96 Å². The normalized spacial score (nSPS) is 17.2. The van der Waals surface area contributed by atoms with Crippen molar-refractivity contribution in [1.29, 1.82) is 0 Å². The molecule has 1 saturated heterocycles. The Morgan fingerprint density at radius 1 is 0.972 bits per heavy atom. The van der Waals surface area contributed by atoms with Gasteiger partial charge in [-0.05, 0) is 61.8 Å². The summed E-state index contributed by atoms with van der Waals surface area (Å²) in [5.74, 6) is -0.604. The highest BCUT2D eigenvalue weighted by atomic mass is 16.5. The van der Waals surface area contributed by atoms with E-state index < -0.39 is 11.9 Å². The summed E-state index contributed by atoms with van der Waals surface area (Å²) in [6.45, 7) is 1.62. The number of carbonyl (C=O) groups excluding carboxylic acids is 1. The quantitative estimate of drug-likeness (QED) is 0.198. The fraction of sp³-hybridized carbons (Fsp3) is 0.464. The molecule has 0 radical (unpaired) electrons. The number of ether oxygens (including phenoxy) is 1. The van der Waals surface area contributed by atoms with Gasteiger partial charge in [0.05, 0.1) is 18.4 Å². The van der Waals surface area contributed by atoms with Crippen LogP contribution in [0.15, 0.2) is 59.6 Å². The Balaban J connectivity index is 1.48. The molecule has 1 fully saturated rings. The molecular formula is C28H38N4O4. The van der Waals surface area contributed by atoms with E-state index in [0.29, 0.717) is 26.1 Å². The maximum Gasteiger partial charge on any atom is 0.304 e. The zero-order chi connectivity index (χ0) is 25.8. The summed E-state index contributed by atoms with van der Waals surface area (Å²) in [7, 11) is 0. The summed E-state index contributed by atoms with van der Waals surface area (Å²) in [6, 6.07) is 18.1. The van der Waals surface area contributed by atoms with E-state index in [1.807, 2.05) is 35.2 Å². The Morgan fingerprint density at radius 2 is 1.67 bits per heavy atom. The van der Waals surface area contributed by atoms with Gasteiger partial charge in [-0.25, -0.2) is 0 Å². The number of hydrogen-bond acceptors (Lipinski definition) is 4. The number of aliphatic carboxylic acids is 1. The predicted octanol–water partition coefficient (Wildman–Crippen LogP) is 3.38. The number of carboxylic acids is 1. The van der Waals surface area contributed by atoms with Gasteiger partial charge in [-0.2, -0.15) is 0 Å². The van der Waals surface area contributed by atoms with Gasteiger partial charge in [-0.15, -0.1) is 0 Å². The number of hydrogen-bond donors (Lipinski definition) is 3. The average molecular weight is 495 g/mol. The Kier molecular flexibility index (Phi) is 10.6. The van der Waals surface area contributed by atoms with Crippen molar-refractivity contribution < 1.29 is 19.4 Å². The Bertz CT molecular complexity index is 990. The van der Waals surface area contributed by atoms with Crippen molar-refractivity contribution >= 4 is 17.8 Å². The summed E-state index contributed by atoms with van der Waals surface area (Å²) in [6.07, 6.45) is 6.13. The largest absolute Gasteiger partial charge is 0.491 e. The SMILES string of the molecule is NC(N)=NCCCCCc1ccc(OC[C@@H]2C[C@@H](CC(=O)O)C(=O)N2CCCc2ccccc2)cc1. The van der Waals surface area contributed by atoms with Gasteiger partial charge >= 0.3 is 5.97 Å². The Hall–Kier alpha value is -3.55. The fourth-order valence-electron chi connectivity index (χ4n) is 4.67.